The van der Waals surface area contributed by atoms with Crippen LogP contribution in [0.1, 0.15) is 5.56 Å². The first kappa shape index (κ1) is 11.0. The van der Waals surface area contributed by atoms with E-state index in [0.29, 0.717) is 13.1 Å². The van der Waals surface area contributed by atoms with E-state index in [4.69, 9.17) is 4.52 Å². The highest BCUT2D eigenvalue weighted by atomic mass is 127. The lowest BCUT2D eigenvalue weighted by Crippen LogP contribution is -1.89. The Morgan fingerprint density at radius 2 is 2.27 bits per heavy atom. The molecule has 5 heteroatoms. The number of phenols is 1. The predicted octanol–water partition coefficient (Wildman–Crippen LogP) is 3.40. The topological polar surface area (TPSA) is 42.4 Å². The number of halogens is 1. The molecule has 0 radical (unpaired) electrons. The number of aromatic hydroxyl groups is 1. The number of fused-ring (bicyclic) bond motifs is 1. The van der Waals surface area contributed by atoms with Crippen LogP contribution in [0.3, 0.4) is 0 Å². The number of pyridine rings is 1. The number of benzene rings is 1. The van der Waals surface area contributed by atoms with Crippen LogP contribution in [-0.2, 0) is 11.1 Å². The summed E-state index contributed by atoms with van der Waals surface area (Å²) >= 11 is 2.18. The first-order valence-corrected chi connectivity index (χ1v) is 8.38. The Morgan fingerprint density at radius 1 is 1.40 bits per heavy atom. The molecule has 0 saturated carbocycles. The molecule has 0 saturated heterocycles. The highest BCUT2D eigenvalue weighted by Gasteiger charge is 2.05. The average molecular weight is 333 g/mol. The van der Waals surface area contributed by atoms with Crippen LogP contribution in [0, 0.1) is 0 Å². The lowest BCUT2D eigenvalue weighted by Gasteiger charge is -2.06. The van der Waals surface area contributed by atoms with Crippen molar-refractivity contribution in [3.05, 3.63) is 36.0 Å². The van der Waals surface area contributed by atoms with Crippen molar-refractivity contribution in [2.24, 2.45) is 0 Å². The molecule has 78 valence electrons. The van der Waals surface area contributed by atoms with Crippen LogP contribution < -0.4 is 0 Å². The van der Waals surface area contributed by atoms with Gasteiger partial charge in [-0.15, -0.1) is 0 Å². The molecule has 1 heterocycles. The van der Waals surface area contributed by atoms with E-state index in [-0.39, 0.29) is 5.75 Å². The third-order valence-electron chi connectivity index (χ3n) is 2.11. The second-order valence-electron chi connectivity index (χ2n) is 3.01. The number of hydrogen-bond acceptors (Lipinski definition) is 3. The van der Waals surface area contributed by atoms with Gasteiger partial charge in [0.05, 0.1) is 18.6 Å². The van der Waals surface area contributed by atoms with Crippen LogP contribution in [-0.4, -0.2) is 10.1 Å². The van der Waals surface area contributed by atoms with Crippen molar-refractivity contribution >= 4 is 39.4 Å². The molecule has 15 heavy (non-hydrogen) atoms. The van der Waals surface area contributed by atoms with Gasteiger partial charge in [0, 0.05) is 17.1 Å². The fraction of sp³-hybridized carbons (Fsp3) is 0.100. The van der Waals surface area contributed by atoms with Gasteiger partial charge in [-0.3, -0.25) is 4.98 Å². The molecule has 0 spiro atoms. The molecule has 3 nitrogen and oxygen atoms in total. The molecule has 0 fully saturated rings. The Morgan fingerprint density at radius 3 is 3.07 bits per heavy atom. The van der Waals surface area contributed by atoms with Crippen molar-refractivity contribution in [3.63, 3.8) is 0 Å². The maximum absolute atomic E-state index is 9.64. The average Bonchev–Trinajstić information content (AvgIpc) is 2.29. The normalized spacial score (nSPS) is 11.5. The molecular weight excluding hydrogens is 324 g/mol. The van der Waals surface area contributed by atoms with Crippen molar-refractivity contribution in [1.82, 2.24) is 4.98 Å². The molecule has 0 amide bonds. The molecule has 1 aromatic carbocycles. The number of hydrogen-bond donors (Lipinski definition) is 1. The Bertz CT molecular complexity index is 478. The van der Waals surface area contributed by atoms with Crippen LogP contribution in [0.25, 0.3) is 10.9 Å². The molecule has 0 aliphatic rings. The van der Waals surface area contributed by atoms with Gasteiger partial charge in [0.1, 0.15) is 5.75 Å². The second-order valence-corrected chi connectivity index (χ2v) is 4.77. The van der Waals surface area contributed by atoms with Gasteiger partial charge in [-0.25, -0.2) is 0 Å². The summed E-state index contributed by atoms with van der Waals surface area (Å²) in [7, 11) is 0. The fourth-order valence-corrected chi connectivity index (χ4v) is 2.11. The summed E-state index contributed by atoms with van der Waals surface area (Å²) in [6.45, 7) is 0.968. The summed E-state index contributed by atoms with van der Waals surface area (Å²) in [5.74, 6) is 0.263. The van der Waals surface area contributed by atoms with Crippen LogP contribution in [0.15, 0.2) is 30.5 Å². The smallest absolute Gasteiger partial charge is 0.124 e. The monoisotopic (exact) mass is 333 g/mol. The summed E-state index contributed by atoms with van der Waals surface area (Å²) in [6, 6.07) is 7.20. The lowest BCUT2D eigenvalue weighted by molar-refractivity contribution is 0.362. The van der Waals surface area contributed by atoms with E-state index in [9.17, 15) is 5.11 Å². The van der Waals surface area contributed by atoms with Crippen LogP contribution >= 0.6 is 28.5 Å². The zero-order valence-corrected chi connectivity index (χ0v) is 10.9. The quantitative estimate of drug-likeness (QED) is 0.692. The summed E-state index contributed by atoms with van der Waals surface area (Å²) in [5.41, 5.74) is 1.82. The van der Waals surface area contributed by atoms with Gasteiger partial charge < -0.3 is 9.63 Å². The number of nitrogens with zero attached hydrogens (tertiary/aromatic N) is 1. The minimum Gasteiger partial charge on any atom is -0.507 e. The Balaban J connectivity index is 2.51. The molecule has 0 aliphatic heterocycles. The molecular formula is C10H9INO2P. The Labute approximate surface area is 102 Å². The van der Waals surface area contributed by atoms with Crippen molar-refractivity contribution in [2.75, 3.05) is 0 Å². The van der Waals surface area contributed by atoms with Gasteiger partial charge in [-0.05, 0) is 40.2 Å². The zero-order chi connectivity index (χ0) is 10.7. The molecule has 1 unspecified atom stereocenters. The predicted molar refractivity (Wildman–Crippen MR) is 70.5 cm³/mol. The van der Waals surface area contributed by atoms with E-state index < -0.39 is 0 Å². The van der Waals surface area contributed by atoms with Gasteiger partial charge in [0.2, 0.25) is 0 Å². The van der Waals surface area contributed by atoms with Crippen LogP contribution in [0.4, 0.5) is 0 Å². The molecule has 1 aromatic heterocycles. The van der Waals surface area contributed by atoms with Crippen LogP contribution in [0.2, 0.25) is 0 Å². The van der Waals surface area contributed by atoms with Gasteiger partial charge in [0.15, 0.2) is 0 Å². The van der Waals surface area contributed by atoms with Crippen LogP contribution in [0.5, 0.6) is 5.75 Å². The number of rotatable bonds is 3. The van der Waals surface area contributed by atoms with Gasteiger partial charge in [-0.2, -0.15) is 0 Å². The minimum atomic E-state index is 0.263. The van der Waals surface area contributed by atoms with Crippen molar-refractivity contribution in [2.45, 2.75) is 6.61 Å². The summed E-state index contributed by atoms with van der Waals surface area (Å²) in [6.07, 6.45) is 1.72. The van der Waals surface area contributed by atoms with E-state index in [1.807, 2.05) is 18.2 Å². The maximum atomic E-state index is 9.64. The van der Waals surface area contributed by atoms with E-state index in [0.717, 1.165) is 16.5 Å². The number of aromatic nitrogens is 1. The standard InChI is InChI=1S/C10H9INO2P/c11-15-14-6-7-3-4-9(13)8-2-1-5-12-10(7)8/h1-5,13,15H,6H2. The number of phenolic OH excluding ortho intramolecular Hbond substituents is 1. The first-order valence-electron chi connectivity index (χ1n) is 4.36. The molecule has 1 N–H and O–H groups in total. The van der Waals surface area contributed by atoms with E-state index in [1.54, 1.807) is 12.3 Å². The summed E-state index contributed by atoms with van der Waals surface area (Å²) in [5, 5.41) is 10.4. The van der Waals surface area contributed by atoms with Crippen molar-refractivity contribution in [1.29, 1.82) is 0 Å². The second kappa shape index (κ2) is 5.05. The highest BCUT2D eigenvalue weighted by Crippen LogP contribution is 2.29. The molecule has 0 bridgehead atoms. The molecule has 2 rings (SSSR count). The SMILES string of the molecule is Oc1ccc(COPI)c2ncccc12. The maximum Gasteiger partial charge on any atom is 0.124 e. The first-order chi connectivity index (χ1) is 7.33. The van der Waals surface area contributed by atoms with Crippen molar-refractivity contribution < 1.29 is 9.63 Å². The van der Waals surface area contributed by atoms with Gasteiger partial charge in [0.25, 0.3) is 0 Å². The van der Waals surface area contributed by atoms with Crippen molar-refractivity contribution in [3.8, 4) is 5.75 Å². The molecule has 1 atom stereocenters. The van der Waals surface area contributed by atoms with Gasteiger partial charge in [-0.1, -0.05) is 6.07 Å². The third kappa shape index (κ3) is 2.38. The molecule has 0 aliphatic carbocycles. The molecule has 2 aromatic rings. The largest absolute Gasteiger partial charge is 0.507 e. The minimum absolute atomic E-state index is 0.263. The highest BCUT2D eigenvalue weighted by molar-refractivity contribution is 14.2. The fourth-order valence-electron chi connectivity index (χ4n) is 1.44. The summed E-state index contributed by atoms with van der Waals surface area (Å²) < 4.78 is 5.36. The zero-order valence-electron chi connectivity index (χ0n) is 7.77. The Kier molecular flexibility index (Phi) is 3.72. The lowest BCUT2D eigenvalue weighted by atomic mass is 10.1. The Hall–Kier alpha value is -0.450. The van der Waals surface area contributed by atoms with E-state index in [1.165, 1.54) is 0 Å². The van der Waals surface area contributed by atoms with E-state index >= 15 is 0 Å². The third-order valence-corrected chi connectivity index (χ3v) is 3.30. The summed E-state index contributed by atoms with van der Waals surface area (Å²) in [4.78, 5) is 4.26. The van der Waals surface area contributed by atoms with E-state index in [2.05, 4.69) is 27.0 Å². The van der Waals surface area contributed by atoms with Gasteiger partial charge >= 0.3 is 0 Å².